The zero-order valence-electron chi connectivity index (χ0n) is 15.5. The van der Waals surface area contributed by atoms with Crippen molar-refractivity contribution < 1.29 is 8.42 Å². The monoisotopic (exact) mass is 486 g/mol. The van der Waals surface area contributed by atoms with Crippen LogP contribution in [-0.4, -0.2) is 70.1 Å². The molecule has 2 N–H and O–H groups in total. The molecule has 1 atom stereocenters. The van der Waals surface area contributed by atoms with E-state index in [1.807, 2.05) is 0 Å². The summed E-state index contributed by atoms with van der Waals surface area (Å²) in [5.41, 5.74) is 0. The number of halogens is 1. The van der Waals surface area contributed by atoms with Crippen molar-refractivity contribution in [1.82, 2.24) is 15.5 Å². The number of sulfone groups is 1. The number of hydrogen-bond donors (Lipinski definition) is 2. The largest absolute Gasteiger partial charge is 0.357 e. The molecule has 0 aromatic heterocycles. The summed E-state index contributed by atoms with van der Waals surface area (Å²) in [5.74, 6) is 1.62. The van der Waals surface area contributed by atoms with Crippen LogP contribution in [0, 0.1) is 5.92 Å². The number of nitrogens with zero attached hydrogens (tertiary/aromatic N) is 2. The molecular weight excluding hydrogens is 451 g/mol. The maximum Gasteiger partial charge on any atom is 0.191 e. The predicted octanol–water partition coefficient (Wildman–Crippen LogP) is 1.86. The van der Waals surface area contributed by atoms with Gasteiger partial charge in [0.2, 0.25) is 0 Å². The molecule has 0 aromatic carbocycles. The molecule has 25 heavy (non-hydrogen) atoms. The molecule has 2 rings (SSSR count). The molecule has 2 fully saturated rings. The van der Waals surface area contributed by atoms with Crippen molar-refractivity contribution in [2.75, 3.05) is 50.8 Å². The Labute approximate surface area is 170 Å². The molecule has 2 aliphatic heterocycles. The van der Waals surface area contributed by atoms with E-state index >= 15 is 0 Å². The number of guanidine groups is 1. The van der Waals surface area contributed by atoms with Gasteiger partial charge >= 0.3 is 0 Å². The quantitative estimate of drug-likeness (QED) is 0.249. The van der Waals surface area contributed by atoms with Crippen LogP contribution in [0.15, 0.2) is 4.99 Å². The minimum absolute atomic E-state index is 0. The van der Waals surface area contributed by atoms with Crippen molar-refractivity contribution in [3.63, 3.8) is 0 Å². The first kappa shape index (κ1) is 23.0. The molecular formula is C17H35IN4O2S. The van der Waals surface area contributed by atoms with Gasteiger partial charge in [0.25, 0.3) is 0 Å². The maximum absolute atomic E-state index is 11.5. The van der Waals surface area contributed by atoms with Crippen molar-refractivity contribution in [1.29, 1.82) is 0 Å². The summed E-state index contributed by atoms with van der Waals surface area (Å²) in [5, 5.41) is 6.63. The van der Waals surface area contributed by atoms with Crippen LogP contribution in [0.25, 0.3) is 0 Å². The smallest absolute Gasteiger partial charge is 0.191 e. The van der Waals surface area contributed by atoms with Gasteiger partial charge in [-0.2, -0.15) is 0 Å². The lowest BCUT2D eigenvalue weighted by Crippen LogP contribution is -2.39. The predicted molar refractivity (Wildman–Crippen MR) is 116 cm³/mol. The third-order valence-electron chi connectivity index (χ3n) is 4.82. The van der Waals surface area contributed by atoms with Crippen LogP contribution in [-0.2, 0) is 9.84 Å². The highest BCUT2D eigenvalue weighted by molar-refractivity contribution is 14.0. The SMILES string of the molecule is CCNC(=NCC1CCS(=O)(=O)C1)NCCCN1CCCCCC1.I. The molecule has 2 heterocycles. The maximum atomic E-state index is 11.5. The minimum atomic E-state index is -2.81. The molecule has 0 radical (unpaired) electrons. The highest BCUT2D eigenvalue weighted by Crippen LogP contribution is 2.18. The lowest BCUT2D eigenvalue weighted by atomic mass is 10.1. The molecule has 0 saturated carbocycles. The second kappa shape index (κ2) is 12.3. The van der Waals surface area contributed by atoms with Crippen molar-refractivity contribution in [2.24, 2.45) is 10.9 Å². The molecule has 0 aliphatic carbocycles. The average Bonchev–Trinajstić information content (AvgIpc) is 2.75. The zero-order valence-corrected chi connectivity index (χ0v) is 18.7. The van der Waals surface area contributed by atoms with Crippen LogP contribution in [0.2, 0.25) is 0 Å². The second-order valence-electron chi connectivity index (χ2n) is 7.02. The second-order valence-corrected chi connectivity index (χ2v) is 9.25. The van der Waals surface area contributed by atoms with Crippen molar-refractivity contribution in [2.45, 2.75) is 45.4 Å². The van der Waals surface area contributed by atoms with E-state index in [0.717, 1.165) is 38.4 Å². The van der Waals surface area contributed by atoms with E-state index in [-0.39, 0.29) is 29.9 Å². The lowest BCUT2D eigenvalue weighted by molar-refractivity contribution is 0.282. The Balaban J connectivity index is 0.00000312. The van der Waals surface area contributed by atoms with Crippen LogP contribution >= 0.6 is 24.0 Å². The van der Waals surface area contributed by atoms with Gasteiger partial charge in [0, 0.05) is 19.6 Å². The first-order valence-electron chi connectivity index (χ1n) is 9.54. The summed E-state index contributed by atoms with van der Waals surface area (Å²) in [6.07, 6.45) is 7.29. The Morgan fingerprint density at radius 1 is 1.16 bits per heavy atom. The van der Waals surface area contributed by atoms with Crippen LogP contribution in [0.3, 0.4) is 0 Å². The molecule has 2 saturated heterocycles. The Morgan fingerprint density at radius 2 is 1.88 bits per heavy atom. The van der Waals surface area contributed by atoms with Gasteiger partial charge in [-0.1, -0.05) is 12.8 Å². The van der Waals surface area contributed by atoms with Gasteiger partial charge in [0.15, 0.2) is 15.8 Å². The fraction of sp³-hybridized carbons (Fsp3) is 0.941. The average molecular weight is 486 g/mol. The van der Waals surface area contributed by atoms with E-state index in [2.05, 4.69) is 27.4 Å². The third-order valence-corrected chi connectivity index (χ3v) is 6.66. The van der Waals surface area contributed by atoms with Gasteiger partial charge in [0.1, 0.15) is 0 Å². The molecule has 0 bridgehead atoms. The highest BCUT2D eigenvalue weighted by atomic mass is 127. The Bertz CT molecular complexity index is 491. The van der Waals surface area contributed by atoms with Crippen LogP contribution < -0.4 is 10.6 Å². The summed E-state index contributed by atoms with van der Waals surface area (Å²) >= 11 is 0. The van der Waals surface area contributed by atoms with Gasteiger partial charge in [0.05, 0.1) is 11.5 Å². The number of likely N-dealkylation sites (tertiary alicyclic amines) is 1. The molecule has 0 amide bonds. The van der Waals surface area contributed by atoms with E-state index in [9.17, 15) is 8.42 Å². The molecule has 1 unspecified atom stereocenters. The van der Waals surface area contributed by atoms with Gasteiger partial charge in [-0.15, -0.1) is 24.0 Å². The third kappa shape index (κ3) is 9.42. The van der Waals surface area contributed by atoms with Gasteiger partial charge in [-0.05, 0) is 58.2 Å². The molecule has 0 aromatic rings. The number of hydrogen-bond acceptors (Lipinski definition) is 4. The lowest BCUT2D eigenvalue weighted by Gasteiger charge is -2.20. The minimum Gasteiger partial charge on any atom is -0.357 e. The zero-order chi connectivity index (χ0) is 17.3. The van der Waals surface area contributed by atoms with E-state index in [0.29, 0.717) is 18.1 Å². The Kier molecular flexibility index (Phi) is 11.3. The standard InChI is InChI=1S/C17H34N4O2S.HI/c1-2-18-17(20-14-16-8-13-24(22,23)15-16)19-9-7-12-21-10-5-3-4-6-11-21;/h16H,2-15H2,1H3,(H2,18,19,20);1H. The fourth-order valence-electron chi connectivity index (χ4n) is 3.45. The van der Waals surface area contributed by atoms with Crippen LogP contribution in [0.4, 0.5) is 0 Å². The summed E-state index contributed by atoms with van der Waals surface area (Å²) in [6, 6.07) is 0. The summed E-state index contributed by atoms with van der Waals surface area (Å²) in [6.45, 7) is 8.00. The Hall–Kier alpha value is -0.0900. The van der Waals surface area contributed by atoms with Gasteiger partial charge in [-0.3, -0.25) is 4.99 Å². The Morgan fingerprint density at radius 3 is 2.48 bits per heavy atom. The van der Waals surface area contributed by atoms with Crippen LogP contribution in [0.5, 0.6) is 0 Å². The van der Waals surface area contributed by atoms with E-state index in [1.165, 1.54) is 38.8 Å². The summed E-state index contributed by atoms with van der Waals surface area (Å²) in [7, 11) is -2.81. The van der Waals surface area contributed by atoms with Crippen molar-refractivity contribution in [3.05, 3.63) is 0 Å². The summed E-state index contributed by atoms with van der Waals surface area (Å²) in [4.78, 5) is 7.15. The van der Waals surface area contributed by atoms with E-state index in [1.54, 1.807) is 0 Å². The van der Waals surface area contributed by atoms with Crippen LogP contribution in [0.1, 0.15) is 45.4 Å². The molecule has 8 heteroatoms. The first-order valence-corrected chi connectivity index (χ1v) is 11.4. The molecule has 6 nitrogen and oxygen atoms in total. The number of aliphatic imine (C=N–C) groups is 1. The molecule has 0 spiro atoms. The molecule has 2 aliphatic rings. The normalized spacial score (nSPS) is 24.4. The number of rotatable bonds is 7. The van der Waals surface area contributed by atoms with E-state index < -0.39 is 9.84 Å². The topological polar surface area (TPSA) is 73.8 Å². The van der Waals surface area contributed by atoms with Gasteiger partial charge < -0.3 is 15.5 Å². The van der Waals surface area contributed by atoms with Crippen molar-refractivity contribution in [3.8, 4) is 0 Å². The van der Waals surface area contributed by atoms with Crippen molar-refractivity contribution >= 4 is 39.8 Å². The highest BCUT2D eigenvalue weighted by Gasteiger charge is 2.27. The number of nitrogens with one attached hydrogen (secondary N) is 2. The van der Waals surface area contributed by atoms with Gasteiger partial charge in [-0.25, -0.2) is 8.42 Å². The summed E-state index contributed by atoms with van der Waals surface area (Å²) < 4.78 is 23.0. The first-order chi connectivity index (χ1) is 11.6. The van der Waals surface area contributed by atoms with E-state index in [4.69, 9.17) is 0 Å². The molecule has 148 valence electrons. The fourth-order valence-corrected chi connectivity index (χ4v) is 5.30.